The number of rotatable bonds is 0. The van der Waals surface area contributed by atoms with Crippen molar-refractivity contribution in [2.45, 2.75) is 0 Å². The van der Waals surface area contributed by atoms with Crippen LogP contribution >= 0.6 is 0 Å². The van der Waals surface area contributed by atoms with E-state index < -0.39 is 70.0 Å². The SMILES string of the molecule is O=[As](O)(O)O.[O]=[Mo]=[O].[O]=[Mo]=[O].[O]=[Mo]=[O]. The molecule has 0 saturated carbocycles. The summed E-state index contributed by atoms with van der Waals surface area (Å²) >= 11 is -11.2. The van der Waals surface area contributed by atoms with E-state index in [1.54, 1.807) is 0 Å². The van der Waals surface area contributed by atoms with Gasteiger partial charge in [0.05, 0.1) is 0 Å². The molecule has 10 nitrogen and oxygen atoms in total. The van der Waals surface area contributed by atoms with Crippen molar-refractivity contribution in [3.8, 4) is 0 Å². The molecule has 0 amide bonds. The van der Waals surface area contributed by atoms with Gasteiger partial charge in [-0.25, -0.2) is 0 Å². The summed E-state index contributed by atoms with van der Waals surface area (Å²) in [7, 11) is 0. The van der Waals surface area contributed by atoms with Gasteiger partial charge in [-0.2, -0.15) is 0 Å². The molecule has 14 heavy (non-hydrogen) atoms. The second-order valence-electron chi connectivity index (χ2n) is 0.717. The third-order valence-corrected chi connectivity index (χ3v) is 0. The second-order valence-corrected chi connectivity index (χ2v) is 3.87. The van der Waals surface area contributed by atoms with Crippen LogP contribution in [-0.4, -0.2) is 26.8 Å². The summed E-state index contributed by atoms with van der Waals surface area (Å²) in [4.78, 5) is 0. The standard InChI is InChI=1S/AsH3O4.3Mo.6O/c2-1(3,4)5;;;;;;;;;/h(H3,2,3,4,5);;;;;;;;;. The van der Waals surface area contributed by atoms with Gasteiger partial charge in [-0.3, -0.25) is 0 Å². The summed E-state index contributed by atoms with van der Waals surface area (Å²) in [6, 6.07) is 0. The number of hydrogen-bond donors (Lipinski definition) is 3. The van der Waals surface area contributed by atoms with Crippen molar-refractivity contribution in [2.75, 3.05) is 0 Å². The van der Waals surface area contributed by atoms with Gasteiger partial charge in [0.1, 0.15) is 0 Å². The molecular formula is H3AsMo3O10. The van der Waals surface area contributed by atoms with E-state index in [0.717, 1.165) is 0 Å². The summed E-state index contributed by atoms with van der Waals surface area (Å²) in [5, 5.41) is 0. The van der Waals surface area contributed by atoms with Crippen LogP contribution in [0.25, 0.3) is 0 Å². The molecule has 0 radical (unpaired) electrons. The van der Waals surface area contributed by atoms with Crippen LogP contribution in [0.15, 0.2) is 0 Å². The van der Waals surface area contributed by atoms with Gasteiger partial charge in [0, 0.05) is 0 Å². The maximum atomic E-state index is 8.94. The fourth-order valence-corrected chi connectivity index (χ4v) is 0. The van der Waals surface area contributed by atoms with Gasteiger partial charge in [0.15, 0.2) is 0 Å². The third kappa shape index (κ3) is 1580. The molecule has 0 bridgehead atoms. The minimum absolute atomic E-state index is 2.03. The average Bonchev–Trinajstić information content (AvgIpc) is 1.86. The third-order valence-electron chi connectivity index (χ3n) is 0. The first-order valence-corrected chi connectivity index (χ1v) is 9.98. The van der Waals surface area contributed by atoms with Crippen molar-refractivity contribution >= 4 is 14.5 Å². The summed E-state index contributed by atoms with van der Waals surface area (Å²) in [6.45, 7) is 0. The van der Waals surface area contributed by atoms with Crippen molar-refractivity contribution in [1.82, 2.24) is 0 Å². The van der Waals surface area contributed by atoms with Gasteiger partial charge in [-0.15, -0.1) is 0 Å². The van der Waals surface area contributed by atoms with E-state index in [9.17, 15) is 0 Å². The van der Waals surface area contributed by atoms with Crippen LogP contribution in [0.5, 0.6) is 0 Å². The normalized spacial score (nSPS) is 6.79. The molecule has 3 N–H and O–H groups in total. The molecule has 0 atom stereocenters. The minimum atomic E-state index is -5.12. The van der Waals surface area contributed by atoms with Crippen LogP contribution in [-0.2, 0) is 79.6 Å². The summed E-state index contributed by atoms with van der Waals surface area (Å²) in [6.07, 6.45) is 0. The Morgan fingerprint density at radius 3 is 0.643 bits per heavy atom. The Labute approximate surface area is 105 Å². The van der Waals surface area contributed by atoms with Crippen molar-refractivity contribution in [3.63, 3.8) is 0 Å². The molecule has 0 heterocycles. The Hall–Kier alpha value is 1.10. The zero-order valence-electron chi connectivity index (χ0n) is 5.87. The quantitative estimate of drug-likeness (QED) is 0.278. The molecule has 0 saturated heterocycles. The molecular weight excluding hydrogens is 523 g/mol. The Kier molecular flexibility index (Phi) is 41.3. The number of hydrogen-bond acceptors (Lipinski definition) is 7. The molecule has 0 aromatic rings. The zero-order valence-corrected chi connectivity index (χ0v) is 13.8. The molecule has 0 aromatic carbocycles. The zero-order chi connectivity index (χ0) is 12.6. The van der Waals surface area contributed by atoms with Gasteiger partial charge in [-0.1, -0.05) is 0 Å². The average molecular weight is 526 g/mol. The van der Waals surface area contributed by atoms with E-state index in [1.807, 2.05) is 0 Å². The molecule has 0 spiro atoms. The molecule has 0 aromatic heterocycles. The predicted molar refractivity (Wildman–Crippen MR) is 17.2 cm³/mol. The maximum absolute atomic E-state index is 8.94. The molecule has 86 valence electrons. The van der Waals surface area contributed by atoms with Crippen LogP contribution < -0.4 is 0 Å². The fourth-order valence-electron chi connectivity index (χ4n) is 0. The topological polar surface area (TPSA) is 180 Å². The molecule has 0 aliphatic heterocycles. The van der Waals surface area contributed by atoms with Gasteiger partial charge in [0.25, 0.3) is 0 Å². The van der Waals surface area contributed by atoms with Crippen molar-refractivity contribution in [1.29, 1.82) is 0 Å². The van der Waals surface area contributed by atoms with Crippen LogP contribution in [0.1, 0.15) is 0 Å². The first-order valence-electron chi connectivity index (χ1n) is 1.78. The monoisotopic (exact) mass is 532 g/mol. The predicted octanol–water partition coefficient (Wildman–Crippen LogP) is -2.89. The van der Waals surface area contributed by atoms with Gasteiger partial charge in [0.2, 0.25) is 0 Å². The molecule has 14 heteroatoms. The Balaban J connectivity index is -0.0000000495. The van der Waals surface area contributed by atoms with Crippen molar-refractivity contribution in [3.05, 3.63) is 0 Å². The van der Waals surface area contributed by atoms with Crippen LogP contribution in [0.4, 0.5) is 0 Å². The molecule has 0 fully saturated rings. The second kappa shape index (κ2) is 23.7. The van der Waals surface area contributed by atoms with E-state index in [1.165, 1.54) is 0 Å². The summed E-state index contributed by atoms with van der Waals surface area (Å²) < 4.78 is 81.7. The Morgan fingerprint density at radius 1 is 0.643 bits per heavy atom. The molecule has 0 aliphatic carbocycles. The first kappa shape index (κ1) is 24.4. The molecule has 0 aliphatic rings. The van der Waals surface area contributed by atoms with E-state index in [2.05, 4.69) is 0 Å². The fraction of sp³-hybridized carbons (Fsp3) is 0. The summed E-state index contributed by atoms with van der Waals surface area (Å²) in [5.41, 5.74) is 0. The van der Waals surface area contributed by atoms with Gasteiger partial charge >= 0.3 is 106 Å². The molecule has 0 unspecified atom stereocenters. The van der Waals surface area contributed by atoms with Crippen LogP contribution in [0.2, 0.25) is 0 Å². The Bertz CT molecular complexity index is 206. The Morgan fingerprint density at radius 2 is 0.643 bits per heavy atom. The van der Waals surface area contributed by atoms with Gasteiger partial charge < -0.3 is 0 Å². The van der Waals surface area contributed by atoms with Crippen molar-refractivity contribution < 1.29 is 91.9 Å². The van der Waals surface area contributed by atoms with Gasteiger partial charge in [-0.05, 0) is 0 Å². The van der Waals surface area contributed by atoms with Crippen LogP contribution in [0, 0.1) is 0 Å². The van der Waals surface area contributed by atoms with Crippen molar-refractivity contribution in [2.24, 2.45) is 0 Å². The van der Waals surface area contributed by atoms with E-state index >= 15 is 0 Å². The summed E-state index contributed by atoms with van der Waals surface area (Å²) in [5.74, 6) is 0. The van der Waals surface area contributed by atoms with Crippen LogP contribution in [0.3, 0.4) is 0 Å². The van der Waals surface area contributed by atoms with E-state index in [0.29, 0.717) is 0 Å². The van der Waals surface area contributed by atoms with E-state index in [-0.39, 0.29) is 0 Å². The first-order chi connectivity index (χ1) is 6.24. The van der Waals surface area contributed by atoms with E-state index in [4.69, 9.17) is 36.4 Å². The molecule has 0 rings (SSSR count).